The molecule has 1 aliphatic carbocycles. The Balaban J connectivity index is 1.77. The predicted molar refractivity (Wildman–Crippen MR) is 227 cm³/mol. The first-order chi connectivity index (χ1) is 27.2. The standard InChI is InChI=1S/C48H68N4O4/c1-5-9-13-17-53-45-33-21-35-27-42(50)29-37(46(35)54-18-14-10-6-2)23-39-31-44(52)32-40(48(39)56-20-16-12-8-4)24-38-30-43(51)28-36(22-34(45)26-41(49)25-33)47(38)55-19-15-11-7-3/h25-32H,5-24,49-52H2,1-4H3/p+4. The fourth-order valence-corrected chi connectivity index (χ4v) is 8.02. The highest BCUT2D eigenvalue weighted by molar-refractivity contribution is 5.62. The van der Waals surface area contributed by atoms with Crippen molar-refractivity contribution in [1.29, 1.82) is 0 Å². The highest BCUT2D eigenvalue weighted by atomic mass is 16.5. The molecule has 0 fully saturated rings. The maximum Gasteiger partial charge on any atom is 0.128 e. The molecular formula is C48H72N4O4+4. The molecule has 5 rings (SSSR count). The van der Waals surface area contributed by atoms with Gasteiger partial charge in [-0.05, 0) is 25.7 Å². The van der Waals surface area contributed by atoms with Crippen LogP contribution in [0.15, 0.2) is 48.5 Å². The Morgan fingerprint density at radius 3 is 0.661 bits per heavy atom. The van der Waals surface area contributed by atoms with Gasteiger partial charge in [0.2, 0.25) is 0 Å². The number of hydrogen-bond donors (Lipinski definition) is 4. The van der Waals surface area contributed by atoms with E-state index in [1.54, 1.807) is 0 Å². The summed E-state index contributed by atoms with van der Waals surface area (Å²) in [6, 6.07) is 17.6. The van der Waals surface area contributed by atoms with Crippen molar-refractivity contribution in [3.63, 3.8) is 0 Å². The van der Waals surface area contributed by atoms with Gasteiger partial charge in [0, 0.05) is 119 Å². The third kappa shape index (κ3) is 12.0. The first-order valence-electron chi connectivity index (χ1n) is 21.7. The van der Waals surface area contributed by atoms with Crippen molar-refractivity contribution in [2.75, 3.05) is 26.4 Å². The van der Waals surface area contributed by atoms with Gasteiger partial charge in [0.05, 0.1) is 26.4 Å². The summed E-state index contributed by atoms with van der Waals surface area (Å²) < 4.78 is 27.3. The molecular weight excluding hydrogens is 697 g/mol. The van der Waals surface area contributed by atoms with Crippen LogP contribution < -0.4 is 41.9 Å². The number of benzene rings is 4. The third-order valence-corrected chi connectivity index (χ3v) is 10.7. The molecule has 0 aliphatic heterocycles. The second kappa shape index (κ2) is 22.0. The molecule has 8 bridgehead atoms. The van der Waals surface area contributed by atoms with E-state index in [9.17, 15) is 0 Å². The molecule has 0 saturated heterocycles. The van der Waals surface area contributed by atoms with E-state index in [-0.39, 0.29) is 0 Å². The van der Waals surface area contributed by atoms with Crippen molar-refractivity contribution in [3.8, 4) is 23.0 Å². The van der Waals surface area contributed by atoms with Gasteiger partial charge < -0.3 is 41.9 Å². The van der Waals surface area contributed by atoms with E-state index in [0.717, 1.165) is 167 Å². The van der Waals surface area contributed by atoms with E-state index in [1.807, 2.05) is 0 Å². The van der Waals surface area contributed by atoms with Gasteiger partial charge in [-0.1, -0.05) is 79.1 Å². The maximum absolute atomic E-state index is 6.83. The van der Waals surface area contributed by atoms with Crippen molar-refractivity contribution in [3.05, 3.63) is 93.0 Å². The van der Waals surface area contributed by atoms with Crippen LogP contribution in [0.4, 0.5) is 22.7 Å². The number of hydrogen-bond acceptors (Lipinski definition) is 4. The van der Waals surface area contributed by atoms with Gasteiger partial charge in [0.1, 0.15) is 45.7 Å². The maximum atomic E-state index is 6.83. The van der Waals surface area contributed by atoms with E-state index in [0.29, 0.717) is 52.1 Å². The lowest BCUT2D eigenvalue weighted by Crippen LogP contribution is -2.40. The van der Waals surface area contributed by atoms with Gasteiger partial charge >= 0.3 is 0 Å². The van der Waals surface area contributed by atoms with Crippen LogP contribution in [0.5, 0.6) is 23.0 Å². The summed E-state index contributed by atoms with van der Waals surface area (Å²) in [5.74, 6) is 3.76. The number of ether oxygens (including phenoxy) is 4. The molecule has 0 spiro atoms. The zero-order valence-corrected chi connectivity index (χ0v) is 35.2. The number of unbranched alkanes of at least 4 members (excludes halogenated alkanes) is 8. The molecule has 0 radical (unpaired) electrons. The van der Waals surface area contributed by atoms with Crippen molar-refractivity contribution in [2.45, 2.75) is 130 Å². The molecule has 8 heteroatoms. The molecule has 0 amide bonds. The van der Waals surface area contributed by atoms with Crippen molar-refractivity contribution >= 4 is 22.7 Å². The number of fused-ring (bicyclic) bond motifs is 8. The van der Waals surface area contributed by atoms with Gasteiger partial charge in [-0.3, -0.25) is 0 Å². The summed E-state index contributed by atoms with van der Waals surface area (Å²) in [5.41, 5.74) is 30.8. The third-order valence-electron chi connectivity index (χ3n) is 10.7. The first-order valence-corrected chi connectivity index (χ1v) is 21.7. The molecule has 12 N–H and O–H groups in total. The Kier molecular flexibility index (Phi) is 16.9. The fourth-order valence-electron chi connectivity index (χ4n) is 8.02. The quantitative estimate of drug-likeness (QED) is 0.0592. The molecule has 56 heavy (non-hydrogen) atoms. The van der Waals surface area contributed by atoms with Crippen molar-refractivity contribution < 1.29 is 41.9 Å². The second-order valence-electron chi connectivity index (χ2n) is 15.9. The van der Waals surface area contributed by atoms with Crippen LogP contribution in [0, 0.1) is 0 Å². The normalized spacial score (nSPS) is 12.4. The number of rotatable bonds is 20. The van der Waals surface area contributed by atoms with E-state index in [4.69, 9.17) is 18.9 Å². The molecule has 0 atom stereocenters. The molecule has 304 valence electrons. The molecule has 0 unspecified atom stereocenters. The average molecular weight is 769 g/mol. The topological polar surface area (TPSA) is 147 Å². The molecule has 4 aromatic carbocycles. The Morgan fingerprint density at radius 1 is 0.321 bits per heavy atom. The minimum atomic E-state index is 0.640. The number of quaternary nitrogens is 4. The van der Waals surface area contributed by atoms with Crippen molar-refractivity contribution in [2.24, 2.45) is 0 Å². The average Bonchev–Trinajstić information content (AvgIpc) is 3.15. The summed E-state index contributed by atoms with van der Waals surface area (Å²) >= 11 is 0. The van der Waals surface area contributed by atoms with Crippen LogP contribution in [0.2, 0.25) is 0 Å². The fraction of sp³-hybridized carbons (Fsp3) is 0.500. The van der Waals surface area contributed by atoms with E-state index < -0.39 is 0 Å². The summed E-state index contributed by atoms with van der Waals surface area (Å²) in [4.78, 5) is 0. The van der Waals surface area contributed by atoms with Gasteiger partial charge in [-0.2, -0.15) is 0 Å². The van der Waals surface area contributed by atoms with Crippen LogP contribution in [0.1, 0.15) is 149 Å². The molecule has 1 aliphatic rings. The van der Waals surface area contributed by atoms with Gasteiger partial charge in [-0.15, -0.1) is 0 Å². The smallest absolute Gasteiger partial charge is 0.128 e. The highest BCUT2D eigenvalue weighted by Gasteiger charge is 2.25. The lowest BCUT2D eigenvalue weighted by molar-refractivity contribution is -0.255. The lowest BCUT2D eigenvalue weighted by Gasteiger charge is -2.23. The zero-order valence-electron chi connectivity index (χ0n) is 35.2. The Labute approximate surface area is 336 Å². The summed E-state index contributed by atoms with van der Waals surface area (Å²) in [6.45, 7) is 11.6. The molecule has 8 nitrogen and oxygen atoms in total. The summed E-state index contributed by atoms with van der Waals surface area (Å²) in [7, 11) is 0. The van der Waals surface area contributed by atoms with E-state index in [1.165, 1.54) is 0 Å². The summed E-state index contributed by atoms with van der Waals surface area (Å²) in [5, 5.41) is 0. The summed E-state index contributed by atoms with van der Waals surface area (Å²) in [6.07, 6.45) is 15.6. The highest BCUT2D eigenvalue weighted by Crippen LogP contribution is 2.41. The van der Waals surface area contributed by atoms with Crippen LogP contribution in [0.25, 0.3) is 0 Å². The van der Waals surface area contributed by atoms with Crippen LogP contribution in [0.3, 0.4) is 0 Å². The van der Waals surface area contributed by atoms with Crippen LogP contribution in [-0.4, -0.2) is 26.4 Å². The molecule has 4 aromatic rings. The molecule has 0 saturated carbocycles. The Hall–Kier alpha value is -4.08. The van der Waals surface area contributed by atoms with Gasteiger partial charge in [-0.25, -0.2) is 0 Å². The minimum Gasteiger partial charge on any atom is -0.493 e. The first kappa shape index (κ1) is 43.1. The zero-order chi connectivity index (χ0) is 39.9. The van der Waals surface area contributed by atoms with Gasteiger partial charge in [0.15, 0.2) is 0 Å². The van der Waals surface area contributed by atoms with Gasteiger partial charge in [0.25, 0.3) is 0 Å². The van der Waals surface area contributed by atoms with E-state index in [2.05, 4.69) is 99.2 Å². The Morgan fingerprint density at radius 2 is 0.500 bits per heavy atom. The van der Waals surface area contributed by atoms with Crippen LogP contribution >= 0.6 is 0 Å². The molecule has 0 aromatic heterocycles. The second-order valence-corrected chi connectivity index (χ2v) is 15.9. The van der Waals surface area contributed by atoms with E-state index >= 15 is 0 Å². The monoisotopic (exact) mass is 769 g/mol. The van der Waals surface area contributed by atoms with Crippen molar-refractivity contribution in [1.82, 2.24) is 0 Å². The minimum absolute atomic E-state index is 0.640. The SMILES string of the molecule is CCCCCOc1c2cc([NH3+])cc1Cc1cc([NH3+])cc(c1OCCCCC)Cc1cc([NH3+])cc(c1OCCCCC)Cc1cc([NH3+])cc(c1OCCCCC)C2. The Bertz CT molecular complexity index is 1510. The largest absolute Gasteiger partial charge is 0.493 e. The van der Waals surface area contributed by atoms with Crippen LogP contribution in [-0.2, 0) is 25.7 Å². The molecule has 0 heterocycles. The predicted octanol–water partition coefficient (Wildman–Crippen LogP) is 8.13. The lowest BCUT2D eigenvalue weighted by atomic mass is 9.90.